The van der Waals surface area contributed by atoms with E-state index in [2.05, 4.69) is 5.32 Å². The van der Waals surface area contributed by atoms with Crippen molar-refractivity contribution in [3.8, 4) is 5.75 Å². The van der Waals surface area contributed by atoms with Crippen molar-refractivity contribution in [3.05, 3.63) is 29.6 Å². The fourth-order valence-electron chi connectivity index (χ4n) is 2.04. The summed E-state index contributed by atoms with van der Waals surface area (Å²) >= 11 is 0. The second-order valence-electron chi connectivity index (χ2n) is 5.22. The molecule has 0 aliphatic heterocycles. The van der Waals surface area contributed by atoms with Crippen LogP contribution in [0.3, 0.4) is 0 Å². The van der Waals surface area contributed by atoms with Crippen LogP contribution in [0.25, 0.3) is 0 Å². The molecular weight excluding hydrogens is 273 g/mol. The Morgan fingerprint density at radius 1 is 1.38 bits per heavy atom. The van der Waals surface area contributed by atoms with E-state index in [4.69, 9.17) is 9.47 Å². The summed E-state index contributed by atoms with van der Waals surface area (Å²) in [7, 11) is 0. The average Bonchev–Trinajstić information content (AvgIpc) is 3.26. The minimum absolute atomic E-state index is 0.304. The molecule has 1 aromatic carbocycles. The SMILES string of the molecule is CCOC(=O)C(CC)Oc1cc(F)cc(CNC2CC2)c1. The molecule has 2 rings (SSSR count). The number of halogens is 1. The third kappa shape index (κ3) is 5.01. The van der Waals surface area contributed by atoms with Gasteiger partial charge in [-0.2, -0.15) is 0 Å². The molecule has 21 heavy (non-hydrogen) atoms. The Morgan fingerprint density at radius 3 is 2.76 bits per heavy atom. The van der Waals surface area contributed by atoms with E-state index in [1.807, 2.05) is 6.92 Å². The van der Waals surface area contributed by atoms with Gasteiger partial charge in [0.05, 0.1) is 6.61 Å². The Kier molecular flexibility index (Phi) is 5.56. The van der Waals surface area contributed by atoms with Gasteiger partial charge in [-0.3, -0.25) is 0 Å². The minimum atomic E-state index is -0.698. The van der Waals surface area contributed by atoms with Gasteiger partial charge in [-0.15, -0.1) is 0 Å². The Hall–Kier alpha value is -1.62. The molecule has 116 valence electrons. The van der Waals surface area contributed by atoms with E-state index in [0.717, 1.165) is 5.56 Å². The van der Waals surface area contributed by atoms with Crippen LogP contribution in [0.15, 0.2) is 18.2 Å². The van der Waals surface area contributed by atoms with Crippen molar-refractivity contribution >= 4 is 5.97 Å². The predicted octanol–water partition coefficient (Wildman–Crippen LogP) is 2.80. The Morgan fingerprint density at radius 2 is 2.14 bits per heavy atom. The van der Waals surface area contributed by atoms with Gasteiger partial charge in [0.2, 0.25) is 0 Å². The molecule has 0 saturated heterocycles. The molecule has 1 aromatic rings. The smallest absolute Gasteiger partial charge is 0.347 e. The van der Waals surface area contributed by atoms with Crippen LogP contribution in [0.1, 0.15) is 38.7 Å². The maximum atomic E-state index is 13.6. The fourth-order valence-corrected chi connectivity index (χ4v) is 2.04. The highest BCUT2D eigenvalue weighted by Crippen LogP contribution is 2.22. The van der Waals surface area contributed by atoms with E-state index in [1.165, 1.54) is 25.0 Å². The van der Waals surface area contributed by atoms with Crippen molar-refractivity contribution in [1.82, 2.24) is 5.32 Å². The van der Waals surface area contributed by atoms with Crippen molar-refractivity contribution in [1.29, 1.82) is 0 Å². The molecule has 1 aliphatic rings. The highest BCUT2D eigenvalue weighted by molar-refractivity contribution is 5.75. The van der Waals surface area contributed by atoms with Gasteiger partial charge in [-0.05, 0) is 43.9 Å². The van der Waals surface area contributed by atoms with Crippen LogP contribution in [0.4, 0.5) is 4.39 Å². The second kappa shape index (κ2) is 7.41. The number of rotatable bonds is 8. The van der Waals surface area contributed by atoms with Crippen LogP contribution >= 0.6 is 0 Å². The summed E-state index contributed by atoms with van der Waals surface area (Å²) in [6.07, 6.45) is 2.14. The van der Waals surface area contributed by atoms with Crippen LogP contribution in [-0.4, -0.2) is 24.7 Å². The topological polar surface area (TPSA) is 47.6 Å². The number of hydrogen-bond acceptors (Lipinski definition) is 4. The number of carbonyl (C=O) groups is 1. The first-order valence-corrected chi connectivity index (χ1v) is 7.48. The standard InChI is InChI=1S/C16H22FNO3/c1-3-15(16(19)20-4-2)21-14-8-11(7-12(17)9-14)10-18-13-5-6-13/h7-9,13,15,18H,3-6,10H2,1-2H3. The van der Waals surface area contributed by atoms with Crippen molar-refractivity contribution in [3.63, 3.8) is 0 Å². The van der Waals surface area contributed by atoms with Crippen molar-refractivity contribution in [2.45, 2.75) is 51.8 Å². The zero-order valence-electron chi connectivity index (χ0n) is 12.5. The largest absolute Gasteiger partial charge is 0.479 e. The van der Waals surface area contributed by atoms with Gasteiger partial charge < -0.3 is 14.8 Å². The molecule has 5 heteroatoms. The first-order chi connectivity index (χ1) is 10.1. The van der Waals surface area contributed by atoms with Gasteiger partial charge in [-0.25, -0.2) is 9.18 Å². The summed E-state index contributed by atoms with van der Waals surface area (Å²) in [4.78, 5) is 11.7. The summed E-state index contributed by atoms with van der Waals surface area (Å²) in [5.74, 6) is -0.414. The maximum absolute atomic E-state index is 13.6. The lowest BCUT2D eigenvalue weighted by atomic mass is 10.2. The molecule has 0 amide bonds. The number of hydrogen-bond donors (Lipinski definition) is 1. The molecule has 0 spiro atoms. The number of nitrogens with one attached hydrogen (secondary N) is 1. The predicted molar refractivity (Wildman–Crippen MR) is 77.6 cm³/mol. The summed E-state index contributed by atoms with van der Waals surface area (Å²) in [6.45, 7) is 4.48. The Labute approximate surface area is 124 Å². The third-order valence-corrected chi connectivity index (χ3v) is 3.30. The number of benzene rings is 1. The highest BCUT2D eigenvalue weighted by Gasteiger charge is 2.21. The highest BCUT2D eigenvalue weighted by atomic mass is 19.1. The molecule has 1 saturated carbocycles. The van der Waals surface area contributed by atoms with E-state index in [0.29, 0.717) is 31.4 Å². The molecule has 0 aromatic heterocycles. The van der Waals surface area contributed by atoms with Gasteiger partial charge >= 0.3 is 5.97 Å². The van der Waals surface area contributed by atoms with E-state index < -0.39 is 12.1 Å². The lowest BCUT2D eigenvalue weighted by Crippen LogP contribution is -2.28. The van der Waals surface area contributed by atoms with Crippen LogP contribution in [-0.2, 0) is 16.1 Å². The van der Waals surface area contributed by atoms with E-state index in [9.17, 15) is 9.18 Å². The van der Waals surface area contributed by atoms with Crippen molar-refractivity contribution in [2.75, 3.05) is 6.61 Å². The normalized spacial score (nSPS) is 15.6. The van der Waals surface area contributed by atoms with Gasteiger partial charge in [0.1, 0.15) is 11.6 Å². The molecule has 1 atom stereocenters. The quantitative estimate of drug-likeness (QED) is 0.749. The molecular formula is C16H22FNO3. The summed E-state index contributed by atoms with van der Waals surface area (Å²) in [6, 6.07) is 5.09. The Bertz CT molecular complexity index is 488. The first-order valence-electron chi connectivity index (χ1n) is 7.48. The first kappa shape index (κ1) is 15.8. The molecule has 1 unspecified atom stereocenters. The number of esters is 1. The van der Waals surface area contributed by atoms with Gasteiger partial charge in [0.25, 0.3) is 0 Å². The fraction of sp³-hybridized carbons (Fsp3) is 0.562. The zero-order chi connectivity index (χ0) is 15.2. The summed E-state index contributed by atoms with van der Waals surface area (Å²) in [5, 5.41) is 3.32. The Balaban J connectivity index is 2.01. The van der Waals surface area contributed by atoms with Crippen molar-refractivity contribution in [2.24, 2.45) is 0 Å². The van der Waals surface area contributed by atoms with Crippen LogP contribution in [0.5, 0.6) is 5.75 Å². The van der Waals surface area contributed by atoms with Gasteiger partial charge in [-0.1, -0.05) is 6.92 Å². The maximum Gasteiger partial charge on any atom is 0.347 e. The zero-order valence-corrected chi connectivity index (χ0v) is 12.5. The van der Waals surface area contributed by atoms with Crippen LogP contribution in [0.2, 0.25) is 0 Å². The molecule has 1 N–H and O–H groups in total. The molecule has 0 heterocycles. The third-order valence-electron chi connectivity index (χ3n) is 3.30. The summed E-state index contributed by atoms with van der Waals surface area (Å²) in [5.41, 5.74) is 0.815. The lowest BCUT2D eigenvalue weighted by molar-refractivity contribution is -0.151. The minimum Gasteiger partial charge on any atom is -0.479 e. The lowest BCUT2D eigenvalue weighted by Gasteiger charge is -2.17. The summed E-state index contributed by atoms with van der Waals surface area (Å²) < 4.78 is 24.2. The van der Waals surface area contributed by atoms with E-state index >= 15 is 0 Å². The number of carbonyl (C=O) groups excluding carboxylic acids is 1. The van der Waals surface area contributed by atoms with Gasteiger partial charge in [0, 0.05) is 18.7 Å². The van der Waals surface area contributed by atoms with Crippen LogP contribution in [0, 0.1) is 5.82 Å². The molecule has 4 nitrogen and oxygen atoms in total. The molecule has 1 fully saturated rings. The molecule has 0 radical (unpaired) electrons. The second-order valence-corrected chi connectivity index (χ2v) is 5.22. The van der Waals surface area contributed by atoms with E-state index in [-0.39, 0.29) is 5.82 Å². The molecule has 1 aliphatic carbocycles. The number of ether oxygens (including phenoxy) is 2. The van der Waals surface area contributed by atoms with Gasteiger partial charge in [0.15, 0.2) is 6.10 Å². The monoisotopic (exact) mass is 295 g/mol. The van der Waals surface area contributed by atoms with Crippen molar-refractivity contribution < 1.29 is 18.7 Å². The van der Waals surface area contributed by atoms with Crippen LogP contribution < -0.4 is 10.1 Å². The average molecular weight is 295 g/mol. The molecule has 0 bridgehead atoms. The van der Waals surface area contributed by atoms with E-state index in [1.54, 1.807) is 13.0 Å².